The standard InChI is InChI=1S/C26H24N4O4S2/c1-16-20(24(31)33-2)23(36-22(16)25(32)34-3)28-26(35)27-14-18-15-30(19-12-8-5-9-13-19)29-21(18)17-10-6-4-7-11-17/h4-13,15H,14H2,1-3H3,(H2,27,28,35). The van der Waals surface area contributed by atoms with Gasteiger partial charge in [0.05, 0.1) is 31.2 Å². The third-order valence-corrected chi connectivity index (χ3v) is 6.87. The Morgan fingerprint density at radius 1 is 1.00 bits per heavy atom. The van der Waals surface area contributed by atoms with Gasteiger partial charge in [0.2, 0.25) is 0 Å². The van der Waals surface area contributed by atoms with E-state index >= 15 is 0 Å². The third-order valence-electron chi connectivity index (χ3n) is 5.43. The van der Waals surface area contributed by atoms with Gasteiger partial charge in [0.15, 0.2) is 5.11 Å². The van der Waals surface area contributed by atoms with Crippen molar-refractivity contribution in [1.29, 1.82) is 0 Å². The Hall–Kier alpha value is -4.02. The molecule has 2 aromatic heterocycles. The Kier molecular flexibility index (Phi) is 7.77. The minimum absolute atomic E-state index is 0.244. The van der Waals surface area contributed by atoms with Crippen molar-refractivity contribution >= 4 is 45.6 Å². The summed E-state index contributed by atoms with van der Waals surface area (Å²) in [5, 5.41) is 11.7. The number of nitrogens with one attached hydrogen (secondary N) is 2. The lowest BCUT2D eigenvalue weighted by molar-refractivity contribution is 0.0601. The second kappa shape index (κ2) is 11.1. The Bertz CT molecular complexity index is 1400. The number of nitrogens with zero attached hydrogens (tertiary/aromatic N) is 2. The molecule has 0 saturated carbocycles. The van der Waals surface area contributed by atoms with Gasteiger partial charge in [-0.25, -0.2) is 14.3 Å². The van der Waals surface area contributed by atoms with E-state index in [0.717, 1.165) is 33.8 Å². The first-order valence-corrected chi connectivity index (χ1v) is 12.2. The molecule has 0 bridgehead atoms. The number of thiocarbonyl (C=S) groups is 1. The molecule has 0 aliphatic heterocycles. The van der Waals surface area contributed by atoms with Gasteiger partial charge in [0.1, 0.15) is 9.88 Å². The van der Waals surface area contributed by atoms with E-state index in [4.69, 9.17) is 26.8 Å². The van der Waals surface area contributed by atoms with Crippen LogP contribution in [0.25, 0.3) is 16.9 Å². The number of esters is 2. The first-order chi connectivity index (χ1) is 17.4. The summed E-state index contributed by atoms with van der Waals surface area (Å²) in [5.74, 6) is -1.10. The maximum atomic E-state index is 12.4. The highest BCUT2D eigenvalue weighted by Crippen LogP contribution is 2.34. The predicted molar refractivity (Wildman–Crippen MR) is 144 cm³/mol. The monoisotopic (exact) mass is 520 g/mol. The Labute approximate surface area is 217 Å². The molecule has 0 unspecified atom stereocenters. The van der Waals surface area contributed by atoms with E-state index in [1.54, 1.807) is 6.92 Å². The molecule has 184 valence electrons. The van der Waals surface area contributed by atoms with E-state index in [2.05, 4.69) is 10.6 Å². The second-order valence-electron chi connectivity index (χ2n) is 7.70. The molecule has 0 saturated heterocycles. The van der Waals surface area contributed by atoms with Crippen LogP contribution < -0.4 is 10.6 Å². The first kappa shape index (κ1) is 25.1. The van der Waals surface area contributed by atoms with E-state index in [1.807, 2.05) is 71.5 Å². The van der Waals surface area contributed by atoms with Crippen molar-refractivity contribution in [2.24, 2.45) is 0 Å². The highest BCUT2D eigenvalue weighted by Gasteiger charge is 2.26. The van der Waals surface area contributed by atoms with Crippen LogP contribution in [-0.2, 0) is 16.0 Å². The molecule has 2 heterocycles. The molecule has 36 heavy (non-hydrogen) atoms. The van der Waals surface area contributed by atoms with E-state index < -0.39 is 11.9 Å². The fraction of sp³-hybridized carbons (Fsp3) is 0.154. The zero-order chi connectivity index (χ0) is 25.7. The Morgan fingerprint density at radius 3 is 2.28 bits per heavy atom. The molecule has 2 aromatic carbocycles. The molecular weight excluding hydrogens is 496 g/mol. The molecule has 0 spiro atoms. The normalized spacial score (nSPS) is 10.5. The number of para-hydroxylation sites is 1. The molecular formula is C26H24N4O4S2. The summed E-state index contributed by atoms with van der Waals surface area (Å²) >= 11 is 6.60. The van der Waals surface area contributed by atoms with Crippen molar-refractivity contribution in [3.63, 3.8) is 0 Å². The molecule has 0 aliphatic rings. The maximum absolute atomic E-state index is 12.4. The molecule has 0 atom stereocenters. The summed E-state index contributed by atoms with van der Waals surface area (Å²) in [5.41, 5.74) is 4.39. The van der Waals surface area contributed by atoms with Gasteiger partial charge in [-0.1, -0.05) is 48.5 Å². The summed E-state index contributed by atoms with van der Waals surface area (Å²) in [4.78, 5) is 24.9. The zero-order valence-corrected chi connectivity index (χ0v) is 21.5. The smallest absolute Gasteiger partial charge is 0.348 e. The molecule has 0 fully saturated rings. The van der Waals surface area contributed by atoms with Gasteiger partial charge in [0.25, 0.3) is 0 Å². The van der Waals surface area contributed by atoms with Crippen LogP contribution >= 0.6 is 23.6 Å². The van der Waals surface area contributed by atoms with E-state index in [-0.39, 0.29) is 10.7 Å². The molecule has 0 aliphatic carbocycles. The number of carbonyl (C=O) groups is 2. The minimum atomic E-state index is -0.570. The van der Waals surface area contributed by atoms with Crippen molar-refractivity contribution in [3.8, 4) is 16.9 Å². The van der Waals surface area contributed by atoms with Gasteiger partial charge < -0.3 is 20.1 Å². The summed E-state index contributed by atoms with van der Waals surface area (Å²) < 4.78 is 11.6. The lowest BCUT2D eigenvalue weighted by atomic mass is 10.1. The highest BCUT2D eigenvalue weighted by molar-refractivity contribution is 7.80. The number of aromatic nitrogens is 2. The molecule has 0 amide bonds. The van der Waals surface area contributed by atoms with Gasteiger partial charge >= 0.3 is 11.9 Å². The number of carbonyl (C=O) groups excluding carboxylic acids is 2. The number of ether oxygens (including phenoxy) is 2. The second-order valence-corrected chi connectivity index (χ2v) is 9.13. The summed E-state index contributed by atoms with van der Waals surface area (Å²) in [7, 11) is 2.58. The average molecular weight is 521 g/mol. The SMILES string of the molecule is COC(=O)c1sc(NC(=S)NCc2cn(-c3ccccc3)nc2-c2ccccc2)c(C(=O)OC)c1C. The van der Waals surface area contributed by atoms with Crippen molar-refractivity contribution < 1.29 is 19.1 Å². The van der Waals surface area contributed by atoms with Crippen molar-refractivity contribution in [3.05, 3.63) is 88.4 Å². The highest BCUT2D eigenvalue weighted by atomic mass is 32.1. The van der Waals surface area contributed by atoms with Gasteiger partial charge in [-0.2, -0.15) is 5.10 Å². The minimum Gasteiger partial charge on any atom is -0.465 e. The fourth-order valence-corrected chi connectivity index (χ4v) is 5.01. The average Bonchev–Trinajstić information content (AvgIpc) is 3.48. The molecule has 0 radical (unpaired) electrons. The predicted octanol–water partition coefficient (Wildman–Crippen LogP) is 4.97. The van der Waals surface area contributed by atoms with Crippen LogP contribution in [0.1, 0.15) is 31.2 Å². The van der Waals surface area contributed by atoms with Gasteiger partial charge in [-0.05, 0) is 36.8 Å². The fourth-order valence-electron chi connectivity index (χ4n) is 3.65. The Balaban J connectivity index is 1.58. The number of anilines is 1. The number of hydrogen-bond donors (Lipinski definition) is 2. The molecule has 4 aromatic rings. The summed E-state index contributed by atoms with van der Waals surface area (Å²) in [6.45, 7) is 2.05. The van der Waals surface area contributed by atoms with Crippen LogP contribution in [0, 0.1) is 6.92 Å². The largest absolute Gasteiger partial charge is 0.465 e. The summed E-state index contributed by atoms with van der Waals surface area (Å²) in [6.07, 6.45) is 1.96. The topological polar surface area (TPSA) is 94.5 Å². The lowest BCUT2D eigenvalue weighted by Crippen LogP contribution is -2.28. The molecule has 8 nitrogen and oxygen atoms in total. The molecule has 10 heteroatoms. The number of hydrogen-bond acceptors (Lipinski definition) is 7. The van der Waals surface area contributed by atoms with Crippen molar-refractivity contribution in [1.82, 2.24) is 15.1 Å². The van der Waals surface area contributed by atoms with Gasteiger partial charge in [-0.15, -0.1) is 11.3 Å². The van der Waals surface area contributed by atoms with E-state index in [1.165, 1.54) is 14.2 Å². The molecule has 2 N–H and O–H groups in total. The number of benzene rings is 2. The van der Waals surface area contributed by atoms with Crippen molar-refractivity contribution in [2.45, 2.75) is 13.5 Å². The molecule has 4 rings (SSSR count). The number of thiophene rings is 1. The maximum Gasteiger partial charge on any atom is 0.348 e. The quantitative estimate of drug-likeness (QED) is 0.261. The van der Waals surface area contributed by atoms with Crippen LogP contribution in [-0.4, -0.2) is 41.1 Å². The number of rotatable bonds is 7. The lowest BCUT2D eigenvalue weighted by Gasteiger charge is -2.11. The van der Waals surface area contributed by atoms with Crippen LogP contribution in [0.4, 0.5) is 5.00 Å². The van der Waals surface area contributed by atoms with Crippen LogP contribution in [0.2, 0.25) is 0 Å². The van der Waals surface area contributed by atoms with Crippen LogP contribution in [0.5, 0.6) is 0 Å². The van der Waals surface area contributed by atoms with Crippen LogP contribution in [0.15, 0.2) is 66.9 Å². The van der Waals surface area contributed by atoms with Crippen LogP contribution in [0.3, 0.4) is 0 Å². The zero-order valence-electron chi connectivity index (χ0n) is 19.9. The van der Waals surface area contributed by atoms with Gasteiger partial charge in [0, 0.05) is 23.9 Å². The van der Waals surface area contributed by atoms with E-state index in [9.17, 15) is 9.59 Å². The Morgan fingerprint density at radius 2 is 1.64 bits per heavy atom. The van der Waals surface area contributed by atoms with Crippen molar-refractivity contribution in [2.75, 3.05) is 19.5 Å². The van der Waals surface area contributed by atoms with E-state index in [0.29, 0.717) is 22.0 Å². The first-order valence-electron chi connectivity index (χ1n) is 11.0. The number of methoxy groups -OCH3 is 2. The third kappa shape index (κ3) is 5.29. The van der Waals surface area contributed by atoms with Gasteiger partial charge in [-0.3, -0.25) is 0 Å². The summed E-state index contributed by atoms with van der Waals surface area (Å²) in [6, 6.07) is 19.7.